The number of hydrogen-bond acceptors (Lipinski definition) is 6. The topological polar surface area (TPSA) is 65.9 Å². The quantitative estimate of drug-likeness (QED) is 0.644. The maximum Gasteiger partial charge on any atom is 0.131 e. The third kappa shape index (κ3) is 5.72. The Kier molecular flexibility index (Phi) is 7.69. The Bertz CT molecular complexity index is 825. The van der Waals surface area contributed by atoms with Gasteiger partial charge in [0.05, 0.1) is 13.2 Å². The van der Waals surface area contributed by atoms with E-state index < -0.39 is 0 Å². The van der Waals surface area contributed by atoms with Crippen LogP contribution in [0.2, 0.25) is 0 Å². The number of ketones is 1. The molecule has 1 aromatic carbocycles. The summed E-state index contributed by atoms with van der Waals surface area (Å²) in [6, 6.07) is 14.2. The van der Waals surface area contributed by atoms with Crippen LogP contribution in [0.3, 0.4) is 0 Å². The predicted molar refractivity (Wildman–Crippen MR) is 121 cm³/mol. The summed E-state index contributed by atoms with van der Waals surface area (Å²) in [6.07, 6.45) is 1.64. The highest BCUT2D eigenvalue weighted by atomic mass is 16.5. The van der Waals surface area contributed by atoms with Crippen LogP contribution in [-0.2, 0) is 4.79 Å². The number of pyridine rings is 1. The first kappa shape index (κ1) is 22.1. The molecule has 1 fully saturated rings. The van der Waals surface area contributed by atoms with Crippen molar-refractivity contribution in [3.05, 3.63) is 48.0 Å². The van der Waals surface area contributed by atoms with Crippen molar-refractivity contribution in [2.75, 3.05) is 42.6 Å². The minimum atomic E-state index is 0.117. The van der Waals surface area contributed by atoms with Crippen LogP contribution in [0.1, 0.15) is 45.1 Å². The second kappa shape index (κ2) is 10.4. The van der Waals surface area contributed by atoms with E-state index >= 15 is 0 Å². The number of nitrogens with zero attached hydrogens (tertiary/aromatic N) is 3. The van der Waals surface area contributed by atoms with E-state index in [2.05, 4.69) is 35.8 Å². The summed E-state index contributed by atoms with van der Waals surface area (Å²) in [5.74, 6) is 3.14. The zero-order valence-electron chi connectivity index (χ0n) is 18.3. The largest absolute Gasteiger partial charge is 0.489 e. The van der Waals surface area contributed by atoms with Crippen LogP contribution < -0.4 is 14.5 Å². The summed E-state index contributed by atoms with van der Waals surface area (Å²) in [4.78, 5) is 20.5. The molecule has 1 saturated heterocycles. The number of rotatable bonds is 10. The number of aliphatic hydroxyl groups excluding tert-OH is 1. The number of carbonyl (C=O) groups is 1. The van der Waals surface area contributed by atoms with Crippen molar-refractivity contribution in [2.45, 2.75) is 45.6 Å². The molecule has 2 aromatic rings. The monoisotopic (exact) mass is 411 g/mol. The Morgan fingerprint density at radius 3 is 2.73 bits per heavy atom. The average Bonchev–Trinajstić information content (AvgIpc) is 3.20. The zero-order valence-corrected chi connectivity index (χ0v) is 18.3. The highest BCUT2D eigenvalue weighted by Gasteiger charge is 2.25. The number of aromatic nitrogens is 1. The molecule has 1 aliphatic heterocycles. The molecular formula is C24H33N3O3. The summed E-state index contributed by atoms with van der Waals surface area (Å²) in [5.41, 5.74) is 1.16. The van der Waals surface area contributed by atoms with E-state index in [-0.39, 0.29) is 24.4 Å². The van der Waals surface area contributed by atoms with Crippen LogP contribution in [0, 0.1) is 0 Å². The zero-order chi connectivity index (χ0) is 21.5. The van der Waals surface area contributed by atoms with Gasteiger partial charge in [-0.15, -0.1) is 0 Å². The summed E-state index contributed by atoms with van der Waals surface area (Å²) in [5, 5.41) is 9.26. The standard InChI is InChI=1S/C24H33N3O3/c1-4-26(14-15-28)23-6-5-7-24(25-23)27-13-12-22(17-27)30-21-10-8-20(9-11-21)18(2)16-19(3)29/h5-11,18,22,28H,4,12-17H2,1-3H3/t18-,22-/m1/s1. The lowest BCUT2D eigenvalue weighted by Gasteiger charge is -2.24. The molecule has 0 amide bonds. The second-order valence-electron chi connectivity index (χ2n) is 8.01. The first-order chi connectivity index (χ1) is 14.5. The van der Waals surface area contributed by atoms with Crippen LogP contribution in [-0.4, -0.2) is 54.8 Å². The Labute approximate surface area is 179 Å². The number of Topliss-reactive ketones (excluding diaryl/α,β-unsaturated/α-hetero) is 1. The van der Waals surface area contributed by atoms with E-state index in [4.69, 9.17) is 9.72 Å². The number of carbonyl (C=O) groups excluding carboxylic acids is 1. The van der Waals surface area contributed by atoms with E-state index in [0.717, 1.165) is 49.0 Å². The van der Waals surface area contributed by atoms with Crippen LogP contribution in [0.4, 0.5) is 11.6 Å². The molecular weight excluding hydrogens is 378 g/mol. The van der Waals surface area contributed by atoms with E-state index in [9.17, 15) is 9.90 Å². The molecule has 6 heteroatoms. The molecule has 0 spiro atoms. The number of hydrogen-bond donors (Lipinski definition) is 1. The van der Waals surface area contributed by atoms with Gasteiger partial charge in [0.15, 0.2) is 0 Å². The SMILES string of the molecule is CCN(CCO)c1cccc(N2CC[C@@H](Oc3ccc([C@H](C)CC(C)=O)cc3)C2)n1. The van der Waals surface area contributed by atoms with Crippen LogP contribution >= 0.6 is 0 Å². The first-order valence-corrected chi connectivity index (χ1v) is 10.8. The van der Waals surface area contributed by atoms with Gasteiger partial charge >= 0.3 is 0 Å². The van der Waals surface area contributed by atoms with Gasteiger partial charge in [0.25, 0.3) is 0 Å². The lowest BCUT2D eigenvalue weighted by molar-refractivity contribution is -0.117. The van der Waals surface area contributed by atoms with Crippen molar-refractivity contribution in [2.24, 2.45) is 0 Å². The molecule has 0 radical (unpaired) electrons. The lowest BCUT2D eigenvalue weighted by Crippen LogP contribution is -2.29. The van der Waals surface area contributed by atoms with Gasteiger partial charge in [0.2, 0.25) is 0 Å². The van der Waals surface area contributed by atoms with Gasteiger partial charge in [-0.1, -0.05) is 25.1 Å². The van der Waals surface area contributed by atoms with E-state index in [0.29, 0.717) is 13.0 Å². The van der Waals surface area contributed by atoms with Gasteiger partial charge < -0.3 is 24.4 Å². The Hall–Kier alpha value is -2.60. The fourth-order valence-corrected chi connectivity index (χ4v) is 3.97. The van der Waals surface area contributed by atoms with Gasteiger partial charge in [0.1, 0.15) is 29.3 Å². The lowest BCUT2D eigenvalue weighted by atomic mass is 9.96. The Balaban J connectivity index is 1.59. The van der Waals surface area contributed by atoms with Crippen LogP contribution in [0.15, 0.2) is 42.5 Å². The fraction of sp³-hybridized carbons (Fsp3) is 0.500. The molecule has 0 bridgehead atoms. The van der Waals surface area contributed by atoms with Gasteiger partial charge in [-0.2, -0.15) is 0 Å². The molecule has 1 aliphatic rings. The van der Waals surface area contributed by atoms with Crippen molar-refractivity contribution >= 4 is 17.4 Å². The Morgan fingerprint density at radius 2 is 2.07 bits per heavy atom. The third-order valence-electron chi connectivity index (χ3n) is 5.61. The van der Waals surface area contributed by atoms with Gasteiger partial charge in [0, 0.05) is 32.5 Å². The van der Waals surface area contributed by atoms with E-state index in [1.54, 1.807) is 6.92 Å². The number of likely N-dealkylation sites (N-methyl/N-ethyl adjacent to an activating group) is 1. The summed E-state index contributed by atoms with van der Waals surface area (Å²) in [7, 11) is 0. The second-order valence-corrected chi connectivity index (χ2v) is 8.01. The van der Waals surface area contributed by atoms with Crippen molar-refractivity contribution in [3.8, 4) is 5.75 Å². The summed E-state index contributed by atoms with van der Waals surface area (Å²) < 4.78 is 6.20. The summed E-state index contributed by atoms with van der Waals surface area (Å²) >= 11 is 0. The molecule has 2 heterocycles. The number of anilines is 2. The molecule has 0 unspecified atom stereocenters. The average molecular weight is 412 g/mol. The first-order valence-electron chi connectivity index (χ1n) is 10.8. The van der Waals surface area contributed by atoms with Crippen molar-refractivity contribution in [3.63, 3.8) is 0 Å². The molecule has 1 N–H and O–H groups in total. The van der Waals surface area contributed by atoms with Gasteiger partial charge in [-0.3, -0.25) is 0 Å². The molecule has 2 atom stereocenters. The molecule has 6 nitrogen and oxygen atoms in total. The minimum absolute atomic E-state index is 0.117. The normalized spacial score (nSPS) is 17.1. The van der Waals surface area contributed by atoms with Gasteiger partial charge in [-0.25, -0.2) is 4.98 Å². The maximum atomic E-state index is 11.3. The Morgan fingerprint density at radius 1 is 1.30 bits per heavy atom. The number of ether oxygens (including phenoxy) is 1. The molecule has 30 heavy (non-hydrogen) atoms. The van der Waals surface area contributed by atoms with E-state index in [1.807, 2.05) is 30.3 Å². The predicted octanol–water partition coefficient (Wildman–Crippen LogP) is 3.64. The fourth-order valence-electron chi connectivity index (χ4n) is 3.97. The van der Waals surface area contributed by atoms with E-state index in [1.165, 1.54) is 0 Å². The number of benzene rings is 1. The molecule has 162 valence electrons. The highest BCUT2D eigenvalue weighted by Crippen LogP contribution is 2.26. The molecule has 3 rings (SSSR count). The molecule has 0 aliphatic carbocycles. The minimum Gasteiger partial charge on any atom is -0.489 e. The smallest absolute Gasteiger partial charge is 0.131 e. The highest BCUT2D eigenvalue weighted by molar-refractivity contribution is 5.76. The maximum absolute atomic E-state index is 11.3. The van der Waals surface area contributed by atoms with Crippen molar-refractivity contribution in [1.82, 2.24) is 4.98 Å². The van der Waals surface area contributed by atoms with Gasteiger partial charge in [-0.05, 0) is 49.6 Å². The molecule has 0 saturated carbocycles. The molecule has 1 aromatic heterocycles. The third-order valence-corrected chi connectivity index (χ3v) is 5.61. The number of aliphatic hydroxyl groups is 1. The van der Waals surface area contributed by atoms with Crippen LogP contribution in [0.25, 0.3) is 0 Å². The van der Waals surface area contributed by atoms with Crippen molar-refractivity contribution < 1.29 is 14.6 Å². The summed E-state index contributed by atoms with van der Waals surface area (Å²) in [6.45, 7) is 8.99. The van der Waals surface area contributed by atoms with Crippen LogP contribution in [0.5, 0.6) is 5.75 Å². The van der Waals surface area contributed by atoms with Crippen molar-refractivity contribution in [1.29, 1.82) is 0 Å².